The van der Waals surface area contributed by atoms with E-state index < -0.39 is 0 Å². The summed E-state index contributed by atoms with van der Waals surface area (Å²) in [5.74, 6) is 1.49. The van der Waals surface area contributed by atoms with Crippen LogP contribution in [0.2, 0.25) is 0 Å². The largest absolute Gasteiger partial charge is 0.372 e. The van der Waals surface area contributed by atoms with Crippen molar-refractivity contribution in [2.75, 3.05) is 18.1 Å². The lowest BCUT2D eigenvalue weighted by atomic mass is 10.0. The average molecular weight is 149 g/mol. The van der Waals surface area contributed by atoms with E-state index >= 15 is 0 Å². The normalized spacial score (nSPS) is 24.8. The maximum Gasteiger partial charge on any atom is 0.0911 e. The van der Waals surface area contributed by atoms with E-state index in [9.17, 15) is 0 Å². The molecule has 0 aromatic carbocycles. The number of thiol groups is 2. The van der Waals surface area contributed by atoms with Crippen molar-refractivity contribution < 1.29 is 4.74 Å². The average Bonchev–Trinajstić information content (AvgIpc) is 1.67. The Hall–Kier alpha value is 0.660. The SMILES string of the molecule is SCC1(CS)[CH]CO1. The first-order valence-electron chi connectivity index (χ1n) is 2.53. The molecule has 0 amide bonds. The highest BCUT2D eigenvalue weighted by molar-refractivity contribution is 7.81. The van der Waals surface area contributed by atoms with Gasteiger partial charge in [-0.25, -0.2) is 0 Å². The molecule has 1 heterocycles. The highest BCUT2D eigenvalue weighted by Crippen LogP contribution is 2.27. The molecule has 1 fully saturated rings. The number of ether oxygens (including phenoxy) is 1. The number of hydrogen-bond donors (Lipinski definition) is 2. The van der Waals surface area contributed by atoms with Gasteiger partial charge >= 0.3 is 0 Å². The summed E-state index contributed by atoms with van der Waals surface area (Å²) >= 11 is 8.21. The summed E-state index contributed by atoms with van der Waals surface area (Å²) in [6, 6.07) is 0. The second-order valence-electron chi connectivity index (χ2n) is 1.90. The molecule has 1 aliphatic rings. The Morgan fingerprint density at radius 1 is 1.50 bits per heavy atom. The fourth-order valence-corrected chi connectivity index (χ4v) is 1.43. The van der Waals surface area contributed by atoms with E-state index in [1.165, 1.54) is 0 Å². The van der Waals surface area contributed by atoms with Crippen molar-refractivity contribution in [1.82, 2.24) is 0 Å². The molecule has 1 nitrogen and oxygen atoms in total. The molecule has 0 saturated carbocycles. The molecule has 0 bridgehead atoms. The van der Waals surface area contributed by atoms with Crippen LogP contribution in [0.3, 0.4) is 0 Å². The molecule has 0 aromatic heterocycles. The van der Waals surface area contributed by atoms with Crippen molar-refractivity contribution in [3.8, 4) is 0 Å². The minimum Gasteiger partial charge on any atom is -0.372 e. The molecule has 1 radical (unpaired) electrons. The van der Waals surface area contributed by atoms with Crippen LogP contribution in [-0.2, 0) is 4.74 Å². The van der Waals surface area contributed by atoms with Crippen molar-refractivity contribution in [1.29, 1.82) is 0 Å². The molecule has 47 valence electrons. The van der Waals surface area contributed by atoms with Crippen LogP contribution in [0.4, 0.5) is 0 Å². The summed E-state index contributed by atoms with van der Waals surface area (Å²) in [6.45, 7) is 0.765. The quantitative estimate of drug-likeness (QED) is 0.553. The van der Waals surface area contributed by atoms with Gasteiger partial charge in [0.15, 0.2) is 0 Å². The van der Waals surface area contributed by atoms with Crippen molar-refractivity contribution in [2.24, 2.45) is 0 Å². The minimum absolute atomic E-state index is 0.0910. The standard InChI is InChI=1S/C5H9OS2/c7-3-5(4-8)1-2-6-5/h1,7-8H,2-4H2. The van der Waals surface area contributed by atoms with Crippen LogP contribution < -0.4 is 0 Å². The van der Waals surface area contributed by atoms with E-state index in [4.69, 9.17) is 4.74 Å². The summed E-state index contributed by atoms with van der Waals surface area (Å²) in [7, 11) is 0. The fourth-order valence-electron chi connectivity index (χ4n) is 0.589. The Balaban J connectivity index is 2.33. The summed E-state index contributed by atoms with van der Waals surface area (Å²) in [5.41, 5.74) is -0.0910. The molecule has 0 aromatic rings. The van der Waals surface area contributed by atoms with E-state index in [1.54, 1.807) is 0 Å². The van der Waals surface area contributed by atoms with Gasteiger partial charge < -0.3 is 4.74 Å². The van der Waals surface area contributed by atoms with Crippen molar-refractivity contribution in [3.63, 3.8) is 0 Å². The third-order valence-corrected chi connectivity index (χ3v) is 2.43. The third-order valence-electron chi connectivity index (χ3n) is 1.36. The van der Waals surface area contributed by atoms with Gasteiger partial charge in [-0.3, -0.25) is 0 Å². The van der Waals surface area contributed by atoms with Crippen LogP contribution in [0.25, 0.3) is 0 Å². The predicted octanol–water partition coefficient (Wildman–Crippen LogP) is 0.819. The Labute approximate surface area is 60.6 Å². The van der Waals surface area contributed by atoms with Crippen molar-refractivity contribution in [3.05, 3.63) is 6.42 Å². The first-order chi connectivity index (χ1) is 3.83. The van der Waals surface area contributed by atoms with E-state index in [2.05, 4.69) is 31.7 Å². The highest BCUT2D eigenvalue weighted by atomic mass is 32.1. The lowest BCUT2D eigenvalue weighted by molar-refractivity contribution is -0.0533. The molecule has 0 unspecified atom stereocenters. The molecular formula is C5H9OS2. The zero-order valence-corrected chi connectivity index (χ0v) is 6.29. The van der Waals surface area contributed by atoms with Gasteiger partial charge in [-0.2, -0.15) is 25.3 Å². The Morgan fingerprint density at radius 2 is 2.00 bits per heavy atom. The smallest absolute Gasteiger partial charge is 0.0911 e. The third kappa shape index (κ3) is 0.993. The second kappa shape index (κ2) is 2.50. The van der Waals surface area contributed by atoms with Crippen LogP contribution in [0.5, 0.6) is 0 Å². The molecule has 1 saturated heterocycles. The molecule has 0 aliphatic carbocycles. The lowest BCUT2D eigenvalue weighted by Gasteiger charge is -2.39. The molecule has 0 N–H and O–H groups in total. The van der Waals surface area contributed by atoms with Crippen molar-refractivity contribution >= 4 is 25.3 Å². The van der Waals surface area contributed by atoms with Crippen LogP contribution in [0, 0.1) is 6.42 Å². The summed E-state index contributed by atoms with van der Waals surface area (Å²) in [5, 5.41) is 0. The number of rotatable bonds is 2. The maximum absolute atomic E-state index is 5.21. The fraction of sp³-hybridized carbons (Fsp3) is 0.800. The first kappa shape index (κ1) is 6.78. The van der Waals surface area contributed by atoms with E-state index in [0.29, 0.717) is 0 Å². The minimum atomic E-state index is -0.0910. The Morgan fingerprint density at radius 3 is 2.00 bits per heavy atom. The lowest BCUT2D eigenvalue weighted by Crippen LogP contribution is -2.48. The molecule has 3 heteroatoms. The van der Waals surface area contributed by atoms with Gasteiger partial charge in [0, 0.05) is 17.9 Å². The predicted molar refractivity (Wildman–Crippen MR) is 40.7 cm³/mol. The van der Waals surface area contributed by atoms with Gasteiger partial charge in [-0.15, -0.1) is 0 Å². The van der Waals surface area contributed by atoms with Crippen LogP contribution in [0.15, 0.2) is 0 Å². The Kier molecular flexibility index (Phi) is 2.12. The van der Waals surface area contributed by atoms with Gasteiger partial charge in [-0.05, 0) is 0 Å². The van der Waals surface area contributed by atoms with Crippen LogP contribution in [-0.4, -0.2) is 23.7 Å². The van der Waals surface area contributed by atoms with Crippen LogP contribution in [0.1, 0.15) is 0 Å². The molecule has 0 spiro atoms. The molecule has 0 atom stereocenters. The van der Waals surface area contributed by atoms with Gasteiger partial charge in [0.05, 0.1) is 12.2 Å². The van der Waals surface area contributed by atoms with Crippen LogP contribution >= 0.6 is 25.3 Å². The second-order valence-corrected chi connectivity index (χ2v) is 2.53. The molecule has 8 heavy (non-hydrogen) atoms. The summed E-state index contributed by atoms with van der Waals surface area (Å²) < 4.78 is 5.21. The summed E-state index contributed by atoms with van der Waals surface area (Å²) in [4.78, 5) is 0. The van der Waals surface area contributed by atoms with Gasteiger partial charge in [0.2, 0.25) is 0 Å². The van der Waals surface area contributed by atoms with Gasteiger partial charge in [-0.1, -0.05) is 0 Å². The number of hydrogen-bond acceptors (Lipinski definition) is 3. The zero-order valence-electron chi connectivity index (χ0n) is 4.50. The zero-order chi connectivity index (χ0) is 6.04. The van der Waals surface area contributed by atoms with E-state index in [0.717, 1.165) is 18.1 Å². The highest BCUT2D eigenvalue weighted by Gasteiger charge is 2.35. The van der Waals surface area contributed by atoms with E-state index in [1.807, 2.05) is 0 Å². The molecule has 1 aliphatic heterocycles. The monoisotopic (exact) mass is 149 g/mol. The van der Waals surface area contributed by atoms with E-state index in [-0.39, 0.29) is 5.60 Å². The Bertz CT molecular complexity index is 67.0. The summed E-state index contributed by atoms with van der Waals surface area (Å²) in [6.07, 6.45) is 2.10. The molecular weight excluding hydrogens is 140 g/mol. The topological polar surface area (TPSA) is 9.23 Å². The maximum atomic E-state index is 5.21. The van der Waals surface area contributed by atoms with Gasteiger partial charge in [0.25, 0.3) is 0 Å². The van der Waals surface area contributed by atoms with Crippen molar-refractivity contribution in [2.45, 2.75) is 5.60 Å². The van der Waals surface area contributed by atoms with Gasteiger partial charge in [0.1, 0.15) is 0 Å². The molecule has 1 rings (SSSR count). The first-order valence-corrected chi connectivity index (χ1v) is 3.79.